The van der Waals surface area contributed by atoms with Crippen molar-refractivity contribution in [2.24, 2.45) is 0 Å². The largest absolute Gasteiger partial charge is 0.496 e. The van der Waals surface area contributed by atoms with Crippen molar-refractivity contribution in [2.45, 2.75) is 23.9 Å². The SMILES string of the molecule is COc1ccccc1C1(C(=O)NC[C@@](O)(c2ccsc2)c2ccco2)CC1. The summed E-state index contributed by atoms with van der Waals surface area (Å²) < 4.78 is 10.9. The standard InChI is InChI=1S/C21H21NO4S/c1-25-17-6-3-2-5-16(17)20(9-10-20)19(23)22-14-21(24,15-8-12-27-13-15)18-7-4-11-26-18/h2-8,11-13,24H,9-10,14H2,1H3,(H,22,23)/t21-/m1/s1. The maximum absolute atomic E-state index is 13.1. The molecule has 0 saturated heterocycles. The number of para-hydroxylation sites is 1. The van der Waals surface area contributed by atoms with E-state index in [0.29, 0.717) is 17.1 Å². The van der Waals surface area contributed by atoms with Crippen LogP contribution in [0.5, 0.6) is 5.75 Å². The highest BCUT2D eigenvalue weighted by molar-refractivity contribution is 7.08. The smallest absolute Gasteiger partial charge is 0.230 e. The Morgan fingerprint density at radius 1 is 1.30 bits per heavy atom. The van der Waals surface area contributed by atoms with Crippen molar-refractivity contribution in [3.8, 4) is 5.75 Å². The van der Waals surface area contributed by atoms with Gasteiger partial charge in [-0.3, -0.25) is 4.79 Å². The number of thiophene rings is 1. The molecule has 1 aliphatic carbocycles. The Bertz CT molecular complexity index is 879. The van der Waals surface area contributed by atoms with Crippen LogP contribution >= 0.6 is 11.3 Å². The van der Waals surface area contributed by atoms with Gasteiger partial charge in [0.1, 0.15) is 11.5 Å². The van der Waals surface area contributed by atoms with Crippen molar-refractivity contribution in [3.05, 3.63) is 76.4 Å². The van der Waals surface area contributed by atoms with E-state index in [1.165, 1.54) is 17.6 Å². The summed E-state index contributed by atoms with van der Waals surface area (Å²) in [6.45, 7) is 0.0347. The molecule has 0 spiro atoms. The van der Waals surface area contributed by atoms with E-state index in [1.54, 1.807) is 19.2 Å². The maximum atomic E-state index is 13.1. The predicted molar refractivity (Wildman–Crippen MR) is 103 cm³/mol. The lowest BCUT2D eigenvalue weighted by Crippen LogP contribution is -2.45. The van der Waals surface area contributed by atoms with Crippen LogP contribution in [0.15, 0.2) is 63.9 Å². The molecule has 4 rings (SSSR count). The second-order valence-electron chi connectivity index (χ2n) is 6.81. The zero-order valence-electron chi connectivity index (χ0n) is 15.0. The minimum atomic E-state index is -1.41. The molecule has 1 amide bonds. The number of carbonyl (C=O) groups excluding carboxylic acids is 1. The van der Waals surface area contributed by atoms with Gasteiger partial charge in [0, 0.05) is 11.1 Å². The van der Waals surface area contributed by atoms with Crippen molar-refractivity contribution in [1.82, 2.24) is 5.32 Å². The van der Waals surface area contributed by atoms with Gasteiger partial charge in [-0.15, -0.1) is 0 Å². The number of rotatable bonds is 7. The van der Waals surface area contributed by atoms with Crippen molar-refractivity contribution in [3.63, 3.8) is 0 Å². The molecule has 1 aromatic carbocycles. The summed E-state index contributed by atoms with van der Waals surface area (Å²) >= 11 is 1.49. The fourth-order valence-corrected chi connectivity index (χ4v) is 4.23. The summed E-state index contributed by atoms with van der Waals surface area (Å²) in [5.74, 6) is 1.01. The number of carbonyl (C=O) groups is 1. The van der Waals surface area contributed by atoms with E-state index in [-0.39, 0.29) is 12.5 Å². The number of amides is 1. The maximum Gasteiger partial charge on any atom is 0.230 e. The topological polar surface area (TPSA) is 71.7 Å². The molecule has 1 fully saturated rings. The van der Waals surface area contributed by atoms with Gasteiger partial charge in [0.2, 0.25) is 5.91 Å². The van der Waals surface area contributed by atoms with Crippen LogP contribution in [0.1, 0.15) is 29.7 Å². The summed E-state index contributed by atoms with van der Waals surface area (Å²) in [5.41, 5.74) is -0.409. The quantitative estimate of drug-likeness (QED) is 0.656. The summed E-state index contributed by atoms with van der Waals surface area (Å²) in [4.78, 5) is 13.1. The highest BCUT2D eigenvalue weighted by Gasteiger charge is 2.53. The molecule has 1 atom stereocenters. The van der Waals surface area contributed by atoms with Crippen LogP contribution in [0, 0.1) is 0 Å². The molecule has 5 nitrogen and oxygen atoms in total. The van der Waals surface area contributed by atoms with E-state index in [4.69, 9.17) is 9.15 Å². The minimum Gasteiger partial charge on any atom is -0.496 e. The molecule has 27 heavy (non-hydrogen) atoms. The van der Waals surface area contributed by atoms with Gasteiger partial charge in [-0.2, -0.15) is 11.3 Å². The highest BCUT2D eigenvalue weighted by Crippen LogP contribution is 2.51. The molecule has 3 aromatic rings. The van der Waals surface area contributed by atoms with Crippen LogP contribution in [0.3, 0.4) is 0 Å². The van der Waals surface area contributed by atoms with Gasteiger partial charge in [-0.1, -0.05) is 18.2 Å². The highest BCUT2D eigenvalue weighted by atomic mass is 32.1. The van der Waals surface area contributed by atoms with Gasteiger partial charge >= 0.3 is 0 Å². The van der Waals surface area contributed by atoms with Crippen LogP contribution in [-0.4, -0.2) is 24.7 Å². The Morgan fingerprint density at radius 2 is 2.11 bits per heavy atom. The average Bonchev–Trinajstić information content (AvgIpc) is 3.11. The third kappa shape index (κ3) is 3.05. The van der Waals surface area contributed by atoms with Gasteiger partial charge in [-0.05, 0) is 47.9 Å². The second kappa shape index (κ2) is 6.87. The number of aliphatic hydroxyl groups is 1. The molecular formula is C21H21NO4S. The predicted octanol–water partition coefficient (Wildman–Crippen LogP) is 3.43. The molecule has 0 bridgehead atoms. The molecule has 1 saturated carbocycles. The molecule has 6 heteroatoms. The first-order valence-corrected chi connectivity index (χ1v) is 9.75. The zero-order valence-corrected chi connectivity index (χ0v) is 15.8. The summed E-state index contributed by atoms with van der Waals surface area (Å²) in [7, 11) is 1.61. The lowest BCUT2D eigenvalue weighted by Gasteiger charge is -2.27. The molecule has 2 heterocycles. The number of hydrogen-bond acceptors (Lipinski definition) is 5. The van der Waals surface area contributed by atoms with Crippen molar-refractivity contribution >= 4 is 17.2 Å². The molecule has 2 aromatic heterocycles. The van der Waals surface area contributed by atoms with Gasteiger partial charge < -0.3 is 19.6 Å². The third-order valence-electron chi connectivity index (χ3n) is 5.24. The first kappa shape index (κ1) is 17.8. The van der Waals surface area contributed by atoms with E-state index >= 15 is 0 Å². The molecule has 0 unspecified atom stereocenters. The summed E-state index contributed by atoms with van der Waals surface area (Å²) in [5, 5.41) is 18.0. The first-order chi connectivity index (χ1) is 13.1. The molecular weight excluding hydrogens is 362 g/mol. The number of hydrogen-bond donors (Lipinski definition) is 2. The van der Waals surface area contributed by atoms with Crippen LogP contribution in [-0.2, 0) is 15.8 Å². The van der Waals surface area contributed by atoms with Crippen LogP contribution in [0.25, 0.3) is 0 Å². The fourth-order valence-electron chi connectivity index (χ4n) is 3.51. The molecule has 140 valence electrons. The van der Waals surface area contributed by atoms with E-state index < -0.39 is 11.0 Å². The van der Waals surface area contributed by atoms with Gasteiger partial charge in [-0.25, -0.2) is 0 Å². The Morgan fingerprint density at radius 3 is 2.74 bits per heavy atom. The number of nitrogens with one attached hydrogen (secondary N) is 1. The van der Waals surface area contributed by atoms with Crippen LogP contribution in [0.4, 0.5) is 0 Å². The monoisotopic (exact) mass is 383 g/mol. The van der Waals surface area contributed by atoms with Crippen LogP contribution in [0.2, 0.25) is 0 Å². The second-order valence-corrected chi connectivity index (χ2v) is 7.59. The molecule has 0 aliphatic heterocycles. The normalized spacial score (nSPS) is 17.1. The third-order valence-corrected chi connectivity index (χ3v) is 5.92. The van der Waals surface area contributed by atoms with E-state index in [9.17, 15) is 9.90 Å². The lowest BCUT2D eigenvalue weighted by atomic mass is 9.91. The fraction of sp³-hybridized carbons (Fsp3) is 0.286. The minimum absolute atomic E-state index is 0.0347. The zero-order chi connectivity index (χ0) is 18.9. The molecule has 1 aliphatic rings. The Balaban J connectivity index is 1.58. The first-order valence-electron chi connectivity index (χ1n) is 8.81. The molecule has 0 radical (unpaired) electrons. The van der Waals surface area contributed by atoms with Gasteiger partial charge in [0.15, 0.2) is 5.60 Å². The summed E-state index contributed by atoms with van der Waals surface area (Å²) in [6, 6.07) is 12.9. The number of methoxy groups -OCH3 is 1. The van der Waals surface area contributed by atoms with Crippen LogP contribution < -0.4 is 10.1 Å². The molecule has 2 N–H and O–H groups in total. The Kier molecular flexibility index (Phi) is 4.53. The lowest BCUT2D eigenvalue weighted by molar-refractivity contribution is -0.124. The Hall–Kier alpha value is -2.57. The summed E-state index contributed by atoms with van der Waals surface area (Å²) in [6.07, 6.45) is 3.04. The number of furan rings is 1. The number of ether oxygens (including phenoxy) is 1. The van der Waals surface area contributed by atoms with E-state index in [1.807, 2.05) is 41.1 Å². The van der Waals surface area contributed by atoms with Gasteiger partial charge in [0.05, 0.1) is 25.3 Å². The van der Waals surface area contributed by atoms with E-state index in [2.05, 4.69) is 5.32 Å². The average molecular weight is 383 g/mol. The van der Waals surface area contributed by atoms with E-state index in [0.717, 1.165) is 18.4 Å². The Labute approximate surface area is 161 Å². The van der Waals surface area contributed by atoms with Crippen molar-refractivity contribution < 1.29 is 19.1 Å². The number of benzene rings is 1. The van der Waals surface area contributed by atoms with Crippen molar-refractivity contribution in [1.29, 1.82) is 0 Å². The van der Waals surface area contributed by atoms with Crippen molar-refractivity contribution in [2.75, 3.05) is 13.7 Å². The van der Waals surface area contributed by atoms with Gasteiger partial charge in [0.25, 0.3) is 0 Å².